The summed E-state index contributed by atoms with van der Waals surface area (Å²) in [7, 11) is 0. The zero-order chi connectivity index (χ0) is 41.1. The third kappa shape index (κ3) is 12.7. The van der Waals surface area contributed by atoms with Crippen molar-refractivity contribution in [3.05, 3.63) is 93.6 Å². The minimum Gasteiger partial charge on any atom is -0.352 e. The highest BCUT2D eigenvalue weighted by atomic mass is 35.5. The van der Waals surface area contributed by atoms with E-state index in [1.807, 2.05) is 0 Å². The molecule has 2 aromatic heterocycles. The van der Waals surface area contributed by atoms with Crippen molar-refractivity contribution in [1.29, 1.82) is 0 Å². The second-order valence-electron chi connectivity index (χ2n) is 12.7. The lowest BCUT2D eigenvalue weighted by molar-refractivity contribution is -0.148. The Morgan fingerprint density at radius 3 is 1.78 bits per heavy atom. The number of β-lactam (4-membered cyclic amide) rings is 1. The third-order valence-electron chi connectivity index (χ3n) is 8.60. The Kier molecular flexibility index (Phi) is 17.6. The van der Waals surface area contributed by atoms with Gasteiger partial charge in [0.15, 0.2) is 29.1 Å². The molecule has 0 aliphatic carbocycles. The van der Waals surface area contributed by atoms with E-state index >= 15 is 0 Å². The first-order valence-corrected chi connectivity index (χ1v) is 16.5. The minimum absolute atomic E-state index is 0. The van der Waals surface area contributed by atoms with Crippen molar-refractivity contribution in [3.63, 3.8) is 0 Å². The number of rotatable bonds is 6. The number of carbonyl (C=O) groups is 2. The molecular weight excluding hydrogens is 867 g/mol. The molecule has 0 spiro atoms. The van der Waals surface area contributed by atoms with Crippen LogP contribution in [0, 0.1) is 34.9 Å². The van der Waals surface area contributed by atoms with Gasteiger partial charge in [-0.05, 0) is 36.1 Å². The van der Waals surface area contributed by atoms with Gasteiger partial charge in [-0.15, -0.1) is 45.2 Å². The van der Waals surface area contributed by atoms with Gasteiger partial charge < -0.3 is 30.4 Å². The van der Waals surface area contributed by atoms with Crippen LogP contribution in [0.1, 0.15) is 54.7 Å². The normalized spacial score (nSPS) is 16.1. The largest absolute Gasteiger partial charge is 0.451 e. The van der Waals surface area contributed by atoms with Crippen LogP contribution in [0.2, 0.25) is 0 Å². The average Bonchev–Trinajstić information content (AvgIpc) is 3.74. The van der Waals surface area contributed by atoms with Crippen LogP contribution in [0.3, 0.4) is 0 Å². The molecule has 2 amide bonds. The van der Waals surface area contributed by atoms with E-state index in [2.05, 4.69) is 31.0 Å². The summed E-state index contributed by atoms with van der Waals surface area (Å²) in [6.07, 6.45) is -9.01. The van der Waals surface area contributed by atoms with Crippen LogP contribution in [0.15, 0.2) is 24.3 Å². The van der Waals surface area contributed by atoms with Gasteiger partial charge in [0.05, 0.1) is 13.1 Å². The molecule has 3 aliphatic rings. The summed E-state index contributed by atoms with van der Waals surface area (Å²) in [6, 6.07) is 1.36. The van der Waals surface area contributed by atoms with Crippen molar-refractivity contribution in [3.8, 4) is 0 Å². The molecule has 12 nitrogen and oxygen atoms in total. The van der Waals surface area contributed by atoms with Gasteiger partial charge in [0.1, 0.15) is 17.5 Å². The Balaban J connectivity index is 0.000000327. The van der Waals surface area contributed by atoms with Crippen molar-refractivity contribution in [2.45, 2.75) is 83.7 Å². The van der Waals surface area contributed by atoms with Crippen LogP contribution in [0.25, 0.3) is 0 Å². The number of carbonyl (C=O) groups excluding carboxylic acids is 2. The fraction of sp³-hybridized carbons (Fsp3) is 0.455. The Labute approximate surface area is 339 Å². The van der Waals surface area contributed by atoms with E-state index in [0.29, 0.717) is 43.5 Å². The highest BCUT2D eigenvalue weighted by molar-refractivity contribution is 5.85. The highest BCUT2D eigenvalue weighted by Crippen LogP contribution is 2.30. The zero-order valence-electron chi connectivity index (χ0n) is 29.4. The predicted octanol–water partition coefficient (Wildman–Crippen LogP) is 5.43. The Morgan fingerprint density at radius 1 is 0.746 bits per heavy atom. The summed E-state index contributed by atoms with van der Waals surface area (Å²) in [5.74, 6) is -8.86. The maximum atomic E-state index is 13.7. The second-order valence-corrected chi connectivity index (χ2v) is 12.7. The summed E-state index contributed by atoms with van der Waals surface area (Å²) in [5, 5.41) is 18.6. The quantitative estimate of drug-likeness (QED) is 0.132. The molecule has 3 aliphatic heterocycles. The minimum atomic E-state index is -4.64. The van der Waals surface area contributed by atoms with Gasteiger partial charge in [-0.3, -0.25) is 9.59 Å². The first-order chi connectivity index (χ1) is 26.2. The lowest BCUT2D eigenvalue weighted by Gasteiger charge is -2.29. The molecule has 0 radical (unpaired) electrons. The zero-order valence-corrected chi connectivity index (χ0v) is 31.0. The van der Waals surface area contributed by atoms with Gasteiger partial charge in [-0.1, -0.05) is 7.43 Å². The number of benzene rings is 2. The number of alkyl halides is 6. The number of nitrogens with zero attached hydrogens (tertiary/aromatic N) is 7. The van der Waals surface area contributed by atoms with E-state index < -0.39 is 70.9 Å². The van der Waals surface area contributed by atoms with Crippen molar-refractivity contribution >= 4 is 36.6 Å². The third-order valence-corrected chi connectivity index (χ3v) is 8.60. The number of nitrogens with two attached hydrogens (primary N) is 1. The van der Waals surface area contributed by atoms with Gasteiger partial charge in [0.25, 0.3) is 0 Å². The molecule has 59 heavy (non-hydrogen) atoms. The Hall–Kier alpha value is -4.68. The highest BCUT2D eigenvalue weighted by Gasteiger charge is 2.40. The van der Waals surface area contributed by atoms with E-state index in [-0.39, 0.29) is 107 Å². The van der Waals surface area contributed by atoms with Crippen LogP contribution < -0.4 is 16.4 Å². The molecule has 7 rings (SSSR count). The van der Waals surface area contributed by atoms with E-state index in [9.17, 15) is 62.3 Å². The predicted molar refractivity (Wildman–Crippen MR) is 188 cm³/mol. The van der Waals surface area contributed by atoms with E-state index in [0.717, 1.165) is 15.2 Å². The van der Waals surface area contributed by atoms with Crippen molar-refractivity contribution in [1.82, 2.24) is 45.1 Å². The van der Waals surface area contributed by atoms with E-state index in [4.69, 9.17) is 5.73 Å². The molecule has 0 bridgehead atoms. The number of fused-ring (bicyclic) bond motifs is 2. The number of halogens is 14. The SMILES string of the molecule is C.Cl.Cl.FC(F)(F)c1nnc2n1CCNC2.N[C@@H](CC(=O)N1CCn2c(nnc2C(F)(F)F)C1)Cc1cc(F)c(F)cc1F.O=C1CC(Cc2cc(F)c(F)cc2F)N1. The standard InChI is InChI=1S/C16H15F6N5O.C10H8F3NO.C6H7F3N4.CH4.2ClH/c17-10-6-12(19)11(18)4-8(10)3-9(23)5-14(28)26-1-2-27-13(7-26)24-25-15(27)16(20,21)22;11-7-4-9(13)8(12)2-5(7)1-6-3-10(15)14-6;7-6(8,9)5-12-11-4-3-10-1-2-13(4)5;;;/h4,6,9H,1-3,5,7,23H2;2,4,6H,1,3H2,(H,14,15);10H,1-3H2;1H4;2*1H/t9-;;;;;/m1...../s1. The molecule has 4 N–H and O–H groups in total. The second kappa shape index (κ2) is 20.5. The van der Waals surface area contributed by atoms with Crippen LogP contribution in [-0.4, -0.2) is 71.4 Å². The molecule has 0 saturated carbocycles. The summed E-state index contributed by atoms with van der Waals surface area (Å²) < 4.78 is 156. The molecule has 5 heterocycles. The van der Waals surface area contributed by atoms with Gasteiger partial charge in [0.2, 0.25) is 23.5 Å². The lowest BCUT2D eigenvalue weighted by atomic mass is 9.97. The molecule has 26 heteroatoms. The van der Waals surface area contributed by atoms with E-state index in [1.165, 1.54) is 4.90 Å². The fourth-order valence-corrected chi connectivity index (χ4v) is 5.85. The van der Waals surface area contributed by atoms with Crippen LogP contribution in [0.4, 0.5) is 52.7 Å². The summed E-state index contributed by atoms with van der Waals surface area (Å²) in [6.45, 7) is 0.845. The van der Waals surface area contributed by atoms with Gasteiger partial charge in [0, 0.05) is 63.2 Å². The van der Waals surface area contributed by atoms with Crippen molar-refractivity contribution in [2.75, 3.05) is 13.1 Å². The van der Waals surface area contributed by atoms with Gasteiger partial charge in [-0.2, -0.15) is 26.3 Å². The topological polar surface area (TPSA) is 149 Å². The van der Waals surface area contributed by atoms with Crippen LogP contribution in [-0.2, 0) is 61.0 Å². The van der Waals surface area contributed by atoms with Crippen LogP contribution in [0.5, 0.6) is 0 Å². The molecule has 1 fully saturated rings. The summed E-state index contributed by atoms with van der Waals surface area (Å²) in [5.41, 5.74) is 5.72. The van der Waals surface area contributed by atoms with E-state index in [1.54, 1.807) is 0 Å². The monoisotopic (exact) mass is 902 g/mol. The number of amides is 2. The van der Waals surface area contributed by atoms with Gasteiger partial charge in [-0.25, -0.2) is 26.3 Å². The lowest BCUT2D eigenvalue weighted by Crippen LogP contribution is -2.49. The molecule has 4 aromatic rings. The number of aromatic nitrogens is 6. The number of hydrogen-bond acceptors (Lipinski definition) is 8. The summed E-state index contributed by atoms with van der Waals surface area (Å²) in [4.78, 5) is 24.2. The smallest absolute Gasteiger partial charge is 0.352 e. The fourth-order valence-electron chi connectivity index (χ4n) is 5.85. The molecule has 2 aromatic carbocycles. The molecule has 1 saturated heterocycles. The maximum absolute atomic E-state index is 13.7. The molecular formula is C33H36Cl2F12N10O2. The molecule has 2 atom stereocenters. The summed E-state index contributed by atoms with van der Waals surface area (Å²) >= 11 is 0. The number of hydrogen-bond donors (Lipinski definition) is 3. The maximum Gasteiger partial charge on any atom is 0.451 e. The molecule has 1 unspecified atom stereocenters. The average molecular weight is 904 g/mol. The Morgan fingerprint density at radius 2 is 1.24 bits per heavy atom. The van der Waals surface area contributed by atoms with Crippen molar-refractivity contribution in [2.24, 2.45) is 5.73 Å². The molecule has 328 valence electrons. The first-order valence-electron chi connectivity index (χ1n) is 16.5. The van der Waals surface area contributed by atoms with Crippen molar-refractivity contribution < 1.29 is 62.3 Å². The van der Waals surface area contributed by atoms with Gasteiger partial charge >= 0.3 is 12.4 Å². The first kappa shape index (κ1) is 50.5. The van der Waals surface area contributed by atoms with Crippen LogP contribution >= 0.6 is 24.8 Å². The number of nitrogens with one attached hydrogen (secondary N) is 2. The Bertz CT molecular complexity index is 2070.